The second-order valence-electron chi connectivity index (χ2n) is 8.90. The predicted octanol–water partition coefficient (Wildman–Crippen LogP) is 4.40. The topological polar surface area (TPSA) is 52.0 Å². The number of carbonyl (C=O) groups is 1. The zero-order valence-corrected chi connectivity index (χ0v) is 19.1. The van der Waals surface area contributed by atoms with Crippen molar-refractivity contribution in [2.45, 2.75) is 19.4 Å². The lowest BCUT2D eigenvalue weighted by atomic mass is 9.67. The van der Waals surface area contributed by atoms with Crippen molar-refractivity contribution in [3.63, 3.8) is 0 Å². The number of halogens is 1. The van der Waals surface area contributed by atoms with Gasteiger partial charge in [-0.3, -0.25) is 4.79 Å². The van der Waals surface area contributed by atoms with Gasteiger partial charge in [0.1, 0.15) is 11.2 Å². The Morgan fingerprint density at radius 1 is 1.00 bits per heavy atom. The summed E-state index contributed by atoms with van der Waals surface area (Å²) in [7, 11) is 0. The number of fused-ring (bicyclic) bond motifs is 4. The Bertz CT molecular complexity index is 1250. The van der Waals surface area contributed by atoms with E-state index in [9.17, 15) is 4.79 Å². The number of hydrazone groups is 1. The minimum absolute atomic E-state index is 0.0229. The number of amides is 1. The number of pyridine rings is 1. The number of aromatic nitrogens is 1. The van der Waals surface area contributed by atoms with E-state index in [2.05, 4.69) is 39.0 Å². The number of rotatable bonds is 2. The van der Waals surface area contributed by atoms with Gasteiger partial charge in [-0.25, -0.2) is 4.98 Å². The molecule has 6 rings (SSSR count). The molecule has 0 N–H and O–H groups in total. The maximum Gasteiger partial charge on any atom is 0.261 e. The summed E-state index contributed by atoms with van der Waals surface area (Å²) in [5.74, 6) is 0.968. The van der Waals surface area contributed by atoms with Crippen LogP contribution in [0, 0.1) is 5.41 Å². The van der Waals surface area contributed by atoms with Crippen molar-refractivity contribution in [1.29, 1.82) is 0 Å². The fourth-order valence-electron chi connectivity index (χ4n) is 5.57. The van der Waals surface area contributed by atoms with Crippen LogP contribution in [0.2, 0.25) is 5.02 Å². The van der Waals surface area contributed by atoms with Gasteiger partial charge in [0.2, 0.25) is 0 Å². The van der Waals surface area contributed by atoms with Crippen LogP contribution < -0.4 is 14.8 Å². The van der Waals surface area contributed by atoms with E-state index in [1.54, 1.807) is 17.1 Å². The first-order chi connectivity index (χ1) is 16.1. The Balaban J connectivity index is 1.45. The maximum absolute atomic E-state index is 14.2. The molecule has 1 amide bonds. The molecule has 3 aliphatic heterocycles. The molecule has 0 radical (unpaired) electrons. The van der Waals surface area contributed by atoms with Crippen LogP contribution in [0.25, 0.3) is 0 Å². The highest BCUT2D eigenvalue weighted by Gasteiger charge is 2.60. The van der Waals surface area contributed by atoms with Crippen molar-refractivity contribution in [3.8, 4) is 0 Å². The van der Waals surface area contributed by atoms with E-state index in [1.807, 2.05) is 43.5 Å². The van der Waals surface area contributed by atoms with Crippen molar-refractivity contribution in [2.75, 3.05) is 34.4 Å². The molecule has 33 heavy (non-hydrogen) atoms. The van der Waals surface area contributed by atoms with Crippen molar-refractivity contribution in [3.05, 3.63) is 83.5 Å². The van der Waals surface area contributed by atoms with Crippen LogP contribution in [0.1, 0.15) is 12.5 Å². The lowest BCUT2D eigenvalue weighted by molar-refractivity contribution is -0.125. The zero-order valence-electron chi connectivity index (χ0n) is 18.4. The highest BCUT2D eigenvalue weighted by molar-refractivity contribution is 6.30. The summed E-state index contributed by atoms with van der Waals surface area (Å²) in [6.45, 7) is 4.38. The Morgan fingerprint density at radius 3 is 2.58 bits per heavy atom. The fraction of sp³-hybridized carbons (Fsp3) is 0.269. The van der Waals surface area contributed by atoms with Gasteiger partial charge in [-0.15, -0.1) is 0 Å². The molecule has 0 bridgehead atoms. The standard InChI is InChI=1S/C26H24ClN5O/c1-18-26(25(33)32(29-18)21-11-9-20(27)10-12-21)16-19-6-2-3-7-22(19)31-15-14-30(17-23(26)31)24-8-4-5-13-28-24/h2-13,23H,14-17H2,1H3. The third kappa shape index (κ3) is 3.04. The second kappa shape index (κ2) is 7.59. The van der Waals surface area contributed by atoms with E-state index in [1.165, 1.54) is 11.3 Å². The molecule has 7 heteroatoms. The molecule has 6 nitrogen and oxygen atoms in total. The van der Waals surface area contributed by atoms with E-state index in [4.69, 9.17) is 16.7 Å². The first kappa shape index (κ1) is 20.2. The minimum atomic E-state index is -0.735. The molecule has 2 aromatic carbocycles. The van der Waals surface area contributed by atoms with Gasteiger partial charge >= 0.3 is 0 Å². The average Bonchev–Trinajstić information content (AvgIpc) is 3.10. The first-order valence-corrected chi connectivity index (χ1v) is 11.6. The molecule has 1 fully saturated rings. The molecule has 0 aliphatic carbocycles. The quantitative estimate of drug-likeness (QED) is 0.572. The lowest BCUT2D eigenvalue weighted by Crippen LogP contribution is -2.67. The van der Waals surface area contributed by atoms with E-state index >= 15 is 0 Å². The Hall–Kier alpha value is -3.38. The van der Waals surface area contributed by atoms with Crippen LogP contribution in [0.15, 0.2) is 78.0 Å². The Morgan fingerprint density at radius 2 is 1.79 bits per heavy atom. The summed E-state index contributed by atoms with van der Waals surface area (Å²) in [5.41, 5.74) is 3.28. The molecular weight excluding hydrogens is 434 g/mol. The van der Waals surface area contributed by atoms with Gasteiger partial charge in [0, 0.05) is 36.5 Å². The Kier molecular flexibility index (Phi) is 4.66. The normalized spacial score (nSPS) is 24.1. The van der Waals surface area contributed by atoms with Gasteiger partial charge in [-0.2, -0.15) is 10.1 Å². The number of benzene rings is 2. The maximum atomic E-state index is 14.2. The molecule has 3 aliphatic rings. The molecule has 166 valence electrons. The molecule has 3 aromatic rings. The van der Waals surface area contributed by atoms with E-state index in [0.29, 0.717) is 18.0 Å². The van der Waals surface area contributed by atoms with Gasteiger partial charge in [0.05, 0.1) is 17.4 Å². The van der Waals surface area contributed by atoms with Crippen molar-refractivity contribution in [2.24, 2.45) is 10.5 Å². The highest BCUT2D eigenvalue weighted by atomic mass is 35.5. The van der Waals surface area contributed by atoms with E-state index < -0.39 is 5.41 Å². The van der Waals surface area contributed by atoms with Gasteiger partial charge in [-0.05, 0) is 61.4 Å². The summed E-state index contributed by atoms with van der Waals surface area (Å²) in [6, 6.07) is 21.7. The number of anilines is 3. The molecule has 1 saturated heterocycles. The lowest BCUT2D eigenvalue weighted by Gasteiger charge is -2.53. The molecule has 2 atom stereocenters. The molecular formula is C26H24ClN5O. The number of hydrogen-bond donors (Lipinski definition) is 0. The molecule has 4 heterocycles. The third-order valence-corrected chi connectivity index (χ3v) is 7.49. The van der Waals surface area contributed by atoms with Crippen molar-refractivity contribution in [1.82, 2.24) is 4.98 Å². The van der Waals surface area contributed by atoms with Crippen LogP contribution in [-0.2, 0) is 11.2 Å². The van der Waals surface area contributed by atoms with Crippen LogP contribution in [-0.4, -0.2) is 42.3 Å². The van der Waals surface area contributed by atoms with E-state index in [-0.39, 0.29) is 11.9 Å². The van der Waals surface area contributed by atoms with E-state index in [0.717, 1.165) is 30.3 Å². The Labute approximate surface area is 198 Å². The molecule has 2 unspecified atom stereocenters. The van der Waals surface area contributed by atoms with Gasteiger partial charge in [-0.1, -0.05) is 35.9 Å². The van der Waals surface area contributed by atoms with Gasteiger partial charge in [0.25, 0.3) is 5.91 Å². The minimum Gasteiger partial charge on any atom is -0.363 e. The van der Waals surface area contributed by atoms with Crippen LogP contribution in [0.3, 0.4) is 0 Å². The summed E-state index contributed by atoms with van der Waals surface area (Å²) in [4.78, 5) is 23.5. The fourth-order valence-corrected chi connectivity index (χ4v) is 5.70. The number of para-hydroxylation sites is 1. The highest BCUT2D eigenvalue weighted by Crippen LogP contribution is 2.48. The average molecular weight is 458 g/mol. The third-order valence-electron chi connectivity index (χ3n) is 7.23. The summed E-state index contributed by atoms with van der Waals surface area (Å²) < 4.78 is 0. The predicted molar refractivity (Wildman–Crippen MR) is 132 cm³/mol. The summed E-state index contributed by atoms with van der Waals surface area (Å²) in [5, 5.41) is 7.01. The largest absolute Gasteiger partial charge is 0.363 e. The molecule has 1 spiro atoms. The SMILES string of the molecule is CC1=NN(c2ccc(Cl)cc2)C(=O)C12Cc1ccccc1N1CCN(c3ccccn3)CC12. The van der Waals surface area contributed by atoms with Crippen molar-refractivity contribution < 1.29 is 4.79 Å². The summed E-state index contributed by atoms with van der Waals surface area (Å²) >= 11 is 6.09. The van der Waals surface area contributed by atoms with Gasteiger partial charge < -0.3 is 9.80 Å². The van der Waals surface area contributed by atoms with Crippen LogP contribution >= 0.6 is 11.6 Å². The molecule has 1 aromatic heterocycles. The number of hydrogen-bond acceptors (Lipinski definition) is 5. The number of carbonyl (C=O) groups excluding carboxylic acids is 1. The second-order valence-corrected chi connectivity index (χ2v) is 9.34. The molecule has 0 saturated carbocycles. The number of nitrogens with zero attached hydrogens (tertiary/aromatic N) is 5. The zero-order chi connectivity index (χ0) is 22.6. The summed E-state index contributed by atoms with van der Waals surface area (Å²) in [6.07, 6.45) is 2.46. The van der Waals surface area contributed by atoms with Crippen LogP contribution in [0.5, 0.6) is 0 Å². The monoisotopic (exact) mass is 457 g/mol. The van der Waals surface area contributed by atoms with Crippen molar-refractivity contribution >= 4 is 40.4 Å². The smallest absolute Gasteiger partial charge is 0.261 e. The van der Waals surface area contributed by atoms with Gasteiger partial charge in [0.15, 0.2) is 0 Å². The van der Waals surface area contributed by atoms with Crippen LogP contribution in [0.4, 0.5) is 17.2 Å². The first-order valence-electron chi connectivity index (χ1n) is 11.2. The number of piperazine rings is 1.